The van der Waals surface area contributed by atoms with Crippen LogP contribution in [-0.2, 0) is 0 Å². The molecule has 2 rings (SSSR count). The van der Waals surface area contributed by atoms with Crippen LogP contribution in [0.5, 0.6) is 0 Å². The molecule has 0 amide bonds. The zero-order valence-corrected chi connectivity index (χ0v) is 10.1. The topological polar surface area (TPSA) is 3.24 Å². The molecule has 1 heterocycles. The van der Waals surface area contributed by atoms with E-state index in [4.69, 9.17) is 0 Å². The Bertz CT molecular complexity index is 167. The highest BCUT2D eigenvalue weighted by Gasteiger charge is 2.26. The van der Waals surface area contributed by atoms with Crippen molar-refractivity contribution in [2.24, 2.45) is 11.8 Å². The predicted octanol–water partition coefficient (Wildman–Crippen LogP) is 2.89. The average Bonchev–Trinajstić information content (AvgIpc) is 2.91. The number of rotatable bonds is 3. The molecule has 0 spiro atoms. The molecule has 1 saturated heterocycles. The quantitative estimate of drug-likeness (QED) is 0.692. The fourth-order valence-corrected chi connectivity index (χ4v) is 2.55. The molecule has 1 aliphatic carbocycles. The normalized spacial score (nSPS) is 36.5. The van der Waals surface area contributed by atoms with Crippen LogP contribution in [0.1, 0.15) is 32.6 Å². The molecule has 2 aliphatic rings. The molecule has 1 nitrogen and oxygen atoms in total. The minimum atomic E-state index is 0.768. The molecule has 13 heavy (non-hydrogen) atoms. The van der Waals surface area contributed by atoms with Gasteiger partial charge in [-0.2, -0.15) is 0 Å². The lowest BCUT2D eigenvalue weighted by molar-refractivity contribution is 0.186. The summed E-state index contributed by atoms with van der Waals surface area (Å²) >= 11 is 3.75. The number of piperidine rings is 1. The lowest BCUT2D eigenvalue weighted by Crippen LogP contribution is -2.40. The molecule has 0 aromatic heterocycles. The SMILES string of the molecule is CC1CN(CCC2CC2)CCC1Br. The Balaban J connectivity index is 1.68. The van der Waals surface area contributed by atoms with E-state index in [0.717, 1.165) is 16.7 Å². The van der Waals surface area contributed by atoms with Crippen molar-refractivity contribution in [1.29, 1.82) is 0 Å². The van der Waals surface area contributed by atoms with Gasteiger partial charge in [-0.05, 0) is 37.8 Å². The predicted molar refractivity (Wildman–Crippen MR) is 60.3 cm³/mol. The van der Waals surface area contributed by atoms with Gasteiger partial charge in [-0.1, -0.05) is 35.7 Å². The lowest BCUT2D eigenvalue weighted by Gasteiger charge is -2.34. The van der Waals surface area contributed by atoms with Gasteiger partial charge in [0, 0.05) is 11.4 Å². The van der Waals surface area contributed by atoms with Gasteiger partial charge in [-0.15, -0.1) is 0 Å². The van der Waals surface area contributed by atoms with E-state index in [-0.39, 0.29) is 0 Å². The fourth-order valence-electron chi connectivity index (χ4n) is 2.18. The van der Waals surface area contributed by atoms with Gasteiger partial charge in [0.05, 0.1) is 0 Å². The summed E-state index contributed by atoms with van der Waals surface area (Å²) in [7, 11) is 0. The summed E-state index contributed by atoms with van der Waals surface area (Å²) in [5.41, 5.74) is 0. The Morgan fingerprint density at radius 2 is 2.08 bits per heavy atom. The van der Waals surface area contributed by atoms with Gasteiger partial charge in [0.15, 0.2) is 0 Å². The number of hydrogen-bond acceptors (Lipinski definition) is 1. The Kier molecular flexibility index (Phi) is 3.31. The van der Waals surface area contributed by atoms with Gasteiger partial charge in [0.25, 0.3) is 0 Å². The van der Waals surface area contributed by atoms with Gasteiger partial charge >= 0.3 is 0 Å². The van der Waals surface area contributed by atoms with Gasteiger partial charge in [-0.3, -0.25) is 0 Å². The molecule has 0 radical (unpaired) electrons. The van der Waals surface area contributed by atoms with Crippen LogP contribution in [0.15, 0.2) is 0 Å². The van der Waals surface area contributed by atoms with Crippen LogP contribution in [0, 0.1) is 11.8 Å². The summed E-state index contributed by atoms with van der Waals surface area (Å²) in [6, 6.07) is 0. The summed E-state index contributed by atoms with van der Waals surface area (Å²) in [4.78, 5) is 3.42. The van der Waals surface area contributed by atoms with E-state index in [1.165, 1.54) is 45.3 Å². The largest absolute Gasteiger partial charge is 0.303 e. The molecule has 76 valence electrons. The van der Waals surface area contributed by atoms with Crippen molar-refractivity contribution in [3.8, 4) is 0 Å². The van der Waals surface area contributed by atoms with Crippen LogP contribution in [-0.4, -0.2) is 29.4 Å². The van der Waals surface area contributed by atoms with Crippen LogP contribution >= 0.6 is 15.9 Å². The molecule has 2 unspecified atom stereocenters. The molecule has 0 bridgehead atoms. The standard InChI is InChI=1S/C11H20BrN/c1-9-8-13(7-5-11(9)12)6-4-10-2-3-10/h9-11H,2-8H2,1H3. The van der Waals surface area contributed by atoms with Crippen molar-refractivity contribution in [3.63, 3.8) is 0 Å². The molecule has 0 N–H and O–H groups in total. The van der Waals surface area contributed by atoms with E-state index < -0.39 is 0 Å². The maximum atomic E-state index is 3.75. The first-order valence-electron chi connectivity index (χ1n) is 5.62. The molecule has 2 atom stereocenters. The molecule has 2 fully saturated rings. The third-order valence-electron chi connectivity index (χ3n) is 3.44. The lowest BCUT2D eigenvalue weighted by atomic mass is 10.00. The van der Waals surface area contributed by atoms with Gasteiger partial charge in [0.1, 0.15) is 0 Å². The highest BCUT2D eigenvalue weighted by molar-refractivity contribution is 9.09. The zero-order valence-electron chi connectivity index (χ0n) is 8.51. The van der Waals surface area contributed by atoms with Gasteiger partial charge < -0.3 is 4.90 Å². The third-order valence-corrected chi connectivity index (χ3v) is 4.80. The smallest absolute Gasteiger partial charge is 0.0195 e. The number of alkyl halides is 1. The maximum absolute atomic E-state index is 3.75. The van der Waals surface area contributed by atoms with Crippen molar-refractivity contribution in [1.82, 2.24) is 4.90 Å². The summed E-state index contributed by atoms with van der Waals surface area (Å²) in [5, 5.41) is 0. The second-order valence-electron chi connectivity index (χ2n) is 4.81. The summed E-state index contributed by atoms with van der Waals surface area (Å²) < 4.78 is 0. The first kappa shape index (κ1) is 9.97. The van der Waals surface area contributed by atoms with Crippen LogP contribution < -0.4 is 0 Å². The molecule has 2 heteroatoms. The molecule has 1 aliphatic heterocycles. The van der Waals surface area contributed by atoms with Crippen molar-refractivity contribution >= 4 is 15.9 Å². The van der Waals surface area contributed by atoms with Crippen LogP contribution in [0.25, 0.3) is 0 Å². The highest BCUT2D eigenvalue weighted by Crippen LogP contribution is 2.33. The summed E-state index contributed by atoms with van der Waals surface area (Å²) in [6.07, 6.45) is 5.81. The second kappa shape index (κ2) is 4.31. The van der Waals surface area contributed by atoms with E-state index in [0.29, 0.717) is 0 Å². The minimum absolute atomic E-state index is 0.768. The molecular formula is C11H20BrN. The molecule has 0 aromatic carbocycles. The van der Waals surface area contributed by atoms with Crippen LogP contribution in [0.2, 0.25) is 0 Å². The monoisotopic (exact) mass is 245 g/mol. The number of nitrogens with zero attached hydrogens (tertiary/aromatic N) is 1. The van der Waals surface area contributed by atoms with E-state index in [2.05, 4.69) is 27.8 Å². The summed E-state index contributed by atoms with van der Waals surface area (Å²) in [5.74, 6) is 1.94. The van der Waals surface area contributed by atoms with Gasteiger partial charge in [0.2, 0.25) is 0 Å². The Morgan fingerprint density at radius 3 is 2.69 bits per heavy atom. The number of halogens is 1. The first-order chi connectivity index (χ1) is 6.25. The Morgan fingerprint density at radius 1 is 1.31 bits per heavy atom. The zero-order chi connectivity index (χ0) is 9.26. The van der Waals surface area contributed by atoms with E-state index in [9.17, 15) is 0 Å². The molecular weight excluding hydrogens is 226 g/mol. The first-order valence-corrected chi connectivity index (χ1v) is 6.53. The third kappa shape index (κ3) is 2.95. The van der Waals surface area contributed by atoms with Crippen molar-refractivity contribution in [2.45, 2.75) is 37.4 Å². The van der Waals surface area contributed by atoms with Crippen molar-refractivity contribution in [3.05, 3.63) is 0 Å². The van der Waals surface area contributed by atoms with E-state index >= 15 is 0 Å². The second-order valence-corrected chi connectivity index (χ2v) is 5.99. The van der Waals surface area contributed by atoms with Gasteiger partial charge in [-0.25, -0.2) is 0 Å². The highest BCUT2D eigenvalue weighted by atomic mass is 79.9. The molecule has 1 saturated carbocycles. The molecule has 0 aromatic rings. The fraction of sp³-hybridized carbons (Fsp3) is 1.00. The average molecular weight is 246 g/mol. The number of likely N-dealkylation sites (tertiary alicyclic amines) is 1. The van der Waals surface area contributed by atoms with E-state index in [1.54, 1.807) is 0 Å². The summed E-state index contributed by atoms with van der Waals surface area (Å²) in [6.45, 7) is 6.34. The maximum Gasteiger partial charge on any atom is 0.0195 e. The number of hydrogen-bond donors (Lipinski definition) is 0. The van der Waals surface area contributed by atoms with Crippen molar-refractivity contribution < 1.29 is 0 Å². The Labute approximate surface area is 90.0 Å². The minimum Gasteiger partial charge on any atom is -0.303 e. The van der Waals surface area contributed by atoms with E-state index in [1.807, 2.05) is 0 Å². The van der Waals surface area contributed by atoms with Crippen LogP contribution in [0.3, 0.4) is 0 Å². The Hall–Kier alpha value is 0.440. The van der Waals surface area contributed by atoms with Crippen molar-refractivity contribution in [2.75, 3.05) is 19.6 Å². The van der Waals surface area contributed by atoms with Crippen LogP contribution in [0.4, 0.5) is 0 Å².